The lowest BCUT2D eigenvalue weighted by molar-refractivity contribution is 0.102. The van der Waals surface area contributed by atoms with Crippen LogP contribution in [-0.4, -0.2) is 25.8 Å². The SMILES string of the molecule is O=C(Nc1ccc(Oc2cccnc2)nc1)c1cc(F)cc2[nH]cnc12. The molecule has 4 rings (SSSR count). The van der Waals surface area contributed by atoms with Crippen LogP contribution >= 0.6 is 0 Å². The molecular formula is C18H12FN5O2. The van der Waals surface area contributed by atoms with Crippen molar-refractivity contribution in [1.29, 1.82) is 0 Å². The summed E-state index contributed by atoms with van der Waals surface area (Å²) in [7, 11) is 0. The molecule has 1 aromatic carbocycles. The molecule has 0 radical (unpaired) electrons. The molecule has 0 unspecified atom stereocenters. The number of carbonyl (C=O) groups excluding carboxylic acids is 1. The van der Waals surface area contributed by atoms with Gasteiger partial charge in [-0.15, -0.1) is 0 Å². The quantitative estimate of drug-likeness (QED) is 0.588. The number of benzene rings is 1. The summed E-state index contributed by atoms with van der Waals surface area (Å²) >= 11 is 0. The molecule has 0 saturated carbocycles. The number of H-pyrrole nitrogens is 1. The molecule has 0 spiro atoms. The highest BCUT2D eigenvalue weighted by atomic mass is 19.1. The van der Waals surface area contributed by atoms with Crippen LogP contribution in [0.1, 0.15) is 10.4 Å². The number of amides is 1. The van der Waals surface area contributed by atoms with E-state index in [1.807, 2.05) is 0 Å². The Bertz CT molecular complexity index is 1060. The van der Waals surface area contributed by atoms with E-state index in [1.165, 1.54) is 18.6 Å². The first kappa shape index (κ1) is 15.7. The summed E-state index contributed by atoms with van der Waals surface area (Å²) in [5.41, 5.74) is 1.43. The third kappa shape index (κ3) is 3.20. The van der Waals surface area contributed by atoms with E-state index in [9.17, 15) is 9.18 Å². The lowest BCUT2D eigenvalue weighted by Crippen LogP contribution is -2.13. The number of carbonyl (C=O) groups is 1. The van der Waals surface area contributed by atoms with Crippen LogP contribution in [0.3, 0.4) is 0 Å². The Morgan fingerprint density at radius 1 is 1.15 bits per heavy atom. The number of nitrogens with zero attached hydrogens (tertiary/aromatic N) is 3. The number of anilines is 1. The summed E-state index contributed by atoms with van der Waals surface area (Å²) in [4.78, 5) is 27.4. The highest BCUT2D eigenvalue weighted by Crippen LogP contribution is 2.21. The molecule has 0 saturated heterocycles. The topological polar surface area (TPSA) is 92.8 Å². The van der Waals surface area contributed by atoms with Gasteiger partial charge in [0.1, 0.15) is 17.1 Å². The van der Waals surface area contributed by atoms with Gasteiger partial charge in [-0.25, -0.2) is 14.4 Å². The van der Waals surface area contributed by atoms with Gasteiger partial charge in [0.05, 0.1) is 35.5 Å². The average Bonchev–Trinajstić information content (AvgIpc) is 3.11. The fourth-order valence-electron chi connectivity index (χ4n) is 2.43. The predicted octanol–water partition coefficient (Wildman–Crippen LogP) is 3.54. The summed E-state index contributed by atoms with van der Waals surface area (Å²) in [5, 5.41) is 2.67. The number of hydrogen-bond acceptors (Lipinski definition) is 5. The molecular weight excluding hydrogens is 337 g/mol. The van der Waals surface area contributed by atoms with Crippen LogP contribution < -0.4 is 10.1 Å². The van der Waals surface area contributed by atoms with Crippen LogP contribution in [0.5, 0.6) is 11.6 Å². The van der Waals surface area contributed by atoms with Gasteiger partial charge >= 0.3 is 0 Å². The summed E-state index contributed by atoms with van der Waals surface area (Å²) in [6, 6.07) is 9.18. The molecule has 3 aromatic heterocycles. The largest absolute Gasteiger partial charge is 0.437 e. The number of aromatic amines is 1. The van der Waals surface area contributed by atoms with Crippen molar-refractivity contribution >= 4 is 22.6 Å². The third-order valence-electron chi connectivity index (χ3n) is 3.58. The minimum Gasteiger partial charge on any atom is -0.437 e. The molecule has 0 atom stereocenters. The molecule has 0 aliphatic rings. The lowest BCUT2D eigenvalue weighted by atomic mass is 10.1. The summed E-state index contributed by atoms with van der Waals surface area (Å²) in [5.74, 6) is -0.0940. The number of halogens is 1. The number of pyridine rings is 2. The van der Waals surface area contributed by atoms with Gasteiger partial charge in [0.25, 0.3) is 5.91 Å². The molecule has 7 nitrogen and oxygen atoms in total. The zero-order chi connectivity index (χ0) is 17.9. The Morgan fingerprint density at radius 3 is 2.85 bits per heavy atom. The number of imidazole rings is 1. The average molecular weight is 349 g/mol. The van der Waals surface area contributed by atoms with E-state index in [-0.39, 0.29) is 5.56 Å². The zero-order valence-corrected chi connectivity index (χ0v) is 13.3. The Labute approximate surface area is 146 Å². The van der Waals surface area contributed by atoms with Gasteiger partial charge in [-0.1, -0.05) is 0 Å². The van der Waals surface area contributed by atoms with E-state index in [0.717, 1.165) is 6.07 Å². The molecule has 128 valence electrons. The van der Waals surface area contributed by atoms with E-state index in [2.05, 4.69) is 25.3 Å². The fourth-order valence-corrected chi connectivity index (χ4v) is 2.43. The van der Waals surface area contributed by atoms with Crippen molar-refractivity contribution in [3.05, 3.63) is 72.7 Å². The van der Waals surface area contributed by atoms with Gasteiger partial charge in [0, 0.05) is 12.3 Å². The zero-order valence-electron chi connectivity index (χ0n) is 13.3. The van der Waals surface area contributed by atoms with Gasteiger partial charge in [0.2, 0.25) is 5.88 Å². The van der Waals surface area contributed by atoms with E-state index in [0.29, 0.717) is 28.4 Å². The van der Waals surface area contributed by atoms with Crippen molar-refractivity contribution in [2.75, 3.05) is 5.32 Å². The smallest absolute Gasteiger partial charge is 0.258 e. The molecule has 8 heteroatoms. The fraction of sp³-hybridized carbons (Fsp3) is 0. The minimum absolute atomic E-state index is 0.136. The van der Waals surface area contributed by atoms with Gasteiger partial charge in [-0.2, -0.15) is 0 Å². The van der Waals surface area contributed by atoms with E-state index in [1.54, 1.807) is 36.7 Å². The normalized spacial score (nSPS) is 10.7. The van der Waals surface area contributed by atoms with Crippen molar-refractivity contribution in [1.82, 2.24) is 19.9 Å². The van der Waals surface area contributed by atoms with Crippen molar-refractivity contribution in [3.8, 4) is 11.6 Å². The first-order chi connectivity index (χ1) is 12.7. The van der Waals surface area contributed by atoms with Gasteiger partial charge in [-0.3, -0.25) is 9.78 Å². The van der Waals surface area contributed by atoms with Crippen LogP contribution in [0.2, 0.25) is 0 Å². The molecule has 4 aromatic rings. The van der Waals surface area contributed by atoms with Gasteiger partial charge in [-0.05, 0) is 30.3 Å². The predicted molar refractivity (Wildman–Crippen MR) is 92.6 cm³/mol. The van der Waals surface area contributed by atoms with Crippen LogP contribution in [-0.2, 0) is 0 Å². The summed E-state index contributed by atoms with van der Waals surface area (Å²) in [6.45, 7) is 0. The Balaban J connectivity index is 1.51. The maximum Gasteiger partial charge on any atom is 0.258 e. The monoisotopic (exact) mass is 349 g/mol. The highest BCUT2D eigenvalue weighted by Gasteiger charge is 2.14. The second-order valence-electron chi connectivity index (χ2n) is 5.38. The summed E-state index contributed by atoms with van der Waals surface area (Å²) in [6.07, 6.45) is 6.07. The van der Waals surface area contributed by atoms with Crippen molar-refractivity contribution in [2.24, 2.45) is 0 Å². The number of ether oxygens (including phenoxy) is 1. The van der Waals surface area contributed by atoms with E-state index in [4.69, 9.17) is 4.74 Å². The molecule has 0 fully saturated rings. The number of nitrogens with one attached hydrogen (secondary N) is 2. The van der Waals surface area contributed by atoms with Crippen molar-refractivity contribution < 1.29 is 13.9 Å². The Hall–Kier alpha value is -3.81. The van der Waals surface area contributed by atoms with Crippen molar-refractivity contribution in [2.45, 2.75) is 0 Å². The molecule has 26 heavy (non-hydrogen) atoms. The molecule has 0 bridgehead atoms. The number of hydrogen-bond donors (Lipinski definition) is 2. The standard InChI is InChI=1S/C18H12FN5O2/c19-11-6-14(17-15(7-11)22-10-23-17)18(25)24-12-3-4-16(21-8-12)26-13-2-1-5-20-9-13/h1-10H,(H,22,23)(H,24,25). The van der Waals surface area contributed by atoms with Crippen molar-refractivity contribution in [3.63, 3.8) is 0 Å². The molecule has 3 heterocycles. The third-order valence-corrected chi connectivity index (χ3v) is 3.58. The van der Waals surface area contributed by atoms with Crippen LogP contribution in [0.4, 0.5) is 10.1 Å². The lowest BCUT2D eigenvalue weighted by Gasteiger charge is -2.07. The maximum absolute atomic E-state index is 13.7. The number of rotatable bonds is 4. The molecule has 0 aliphatic heterocycles. The highest BCUT2D eigenvalue weighted by molar-refractivity contribution is 6.11. The van der Waals surface area contributed by atoms with E-state index < -0.39 is 11.7 Å². The first-order valence-corrected chi connectivity index (χ1v) is 7.67. The van der Waals surface area contributed by atoms with Gasteiger partial charge < -0.3 is 15.0 Å². The minimum atomic E-state index is -0.523. The van der Waals surface area contributed by atoms with Crippen LogP contribution in [0.15, 0.2) is 61.3 Å². The molecule has 0 aliphatic carbocycles. The Kier molecular flexibility index (Phi) is 3.98. The van der Waals surface area contributed by atoms with Crippen LogP contribution in [0, 0.1) is 5.82 Å². The van der Waals surface area contributed by atoms with Crippen LogP contribution in [0.25, 0.3) is 11.0 Å². The second kappa shape index (κ2) is 6.60. The molecule has 1 amide bonds. The van der Waals surface area contributed by atoms with Gasteiger partial charge in [0.15, 0.2) is 0 Å². The maximum atomic E-state index is 13.7. The molecule has 2 N–H and O–H groups in total. The Morgan fingerprint density at radius 2 is 2.08 bits per heavy atom. The first-order valence-electron chi connectivity index (χ1n) is 7.67. The summed E-state index contributed by atoms with van der Waals surface area (Å²) < 4.78 is 19.2. The number of aromatic nitrogens is 4. The van der Waals surface area contributed by atoms with E-state index >= 15 is 0 Å². The number of fused-ring (bicyclic) bond motifs is 1. The second-order valence-corrected chi connectivity index (χ2v) is 5.38.